The first-order chi connectivity index (χ1) is 9.63. The van der Waals surface area contributed by atoms with Crippen LogP contribution in [0.5, 0.6) is 0 Å². The van der Waals surface area contributed by atoms with Crippen LogP contribution in [-0.4, -0.2) is 27.4 Å². The molecule has 0 bridgehead atoms. The molecule has 1 aromatic carbocycles. The van der Waals surface area contributed by atoms with E-state index in [4.69, 9.17) is 4.52 Å². The van der Waals surface area contributed by atoms with Gasteiger partial charge in [-0.2, -0.15) is 16.7 Å². The monoisotopic (exact) mass is 296 g/mol. The van der Waals surface area contributed by atoms with Crippen molar-refractivity contribution < 1.29 is 18.1 Å². The highest BCUT2D eigenvalue weighted by Crippen LogP contribution is 2.28. The lowest BCUT2D eigenvalue weighted by Gasteiger charge is -1.99. The Morgan fingerprint density at radius 3 is 2.95 bits per heavy atom. The smallest absolute Gasteiger partial charge is 0.238 e. The minimum absolute atomic E-state index is 0.0677. The van der Waals surface area contributed by atoms with Crippen molar-refractivity contribution in [3.8, 4) is 0 Å². The number of halogens is 2. The number of thioether (sulfide) groups is 1. The molecule has 0 amide bonds. The van der Waals surface area contributed by atoms with Crippen LogP contribution in [0.4, 0.5) is 8.78 Å². The number of hydrogen-bond donors (Lipinski definition) is 0. The average molecular weight is 296 g/mol. The van der Waals surface area contributed by atoms with E-state index in [1.807, 2.05) is 0 Å². The summed E-state index contributed by atoms with van der Waals surface area (Å²) in [4.78, 5) is 15.7. The van der Waals surface area contributed by atoms with Crippen molar-refractivity contribution >= 4 is 17.5 Å². The molecule has 20 heavy (non-hydrogen) atoms. The molecule has 1 aromatic heterocycles. The predicted octanol–water partition coefficient (Wildman–Crippen LogP) is 2.34. The van der Waals surface area contributed by atoms with Gasteiger partial charge in [0, 0.05) is 18.2 Å². The standard InChI is InChI=1S/C13H10F2N2O2S/c14-8-2-1-7(10(15)4-8)3-12-16-13(19-17-12)9-5-20-6-11(9)18/h1-2,4,9H,3,5-6H2. The summed E-state index contributed by atoms with van der Waals surface area (Å²) in [7, 11) is 0. The van der Waals surface area contributed by atoms with Gasteiger partial charge in [0.25, 0.3) is 0 Å². The molecule has 2 aromatic rings. The van der Waals surface area contributed by atoms with Crippen LogP contribution in [0, 0.1) is 11.6 Å². The lowest BCUT2D eigenvalue weighted by Crippen LogP contribution is -2.09. The summed E-state index contributed by atoms with van der Waals surface area (Å²) in [6.07, 6.45) is 0.101. The van der Waals surface area contributed by atoms with E-state index in [0.717, 1.165) is 6.07 Å². The molecule has 7 heteroatoms. The van der Waals surface area contributed by atoms with Gasteiger partial charge in [-0.3, -0.25) is 4.79 Å². The predicted molar refractivity (Wildman–Crippen MR) is 68.5 cm³/mol. The highest BCUT2D eigenvalue weighted by Gasteiger charge is 2.31. The Hall–Kier alpha value is -1.76. The summed E-state index contributed by atoms with van der Waals surface area (Å²) >= 11 is 1.52. The maximum absolute atomic E-state index is 13.5. The van der Waals surface area contributed by atoms with E-state index >= 15 is 0 Å². The Kier molecular flexibility index (Phi) is 3.52. The number of carbonyl (C=O) groups excluding carboxylic acids is 1. The van der Waals surface area contributed by atoms with Crippen molar-refractivity contribution in [2.45, 2.75) is 12.3 Å². The molecule has 3 rings (SSSR count). The van der Waals surface area contributed by atoms with Gasteiger partial charge in [-0.1, -0.05) is 11.2 Å². The first-order valence-electron chi connectivity index (χ1n) is 6.00. The van der Waals surface area contributed by atoms with Gasteiger partial charge in [-0.15, -0.1) is 0 Å². The van der Waals surface area contributed by atoms with Crippen LogP contribution in [0.25, 0.3) is 0 Å². The van der Waals surface area contributed by atoms with E-state index in [0.29, 0.717) is 11.5 Å². The zero-order valence-corrected chi connectivity index (χ0v) is 11.1. The van der Waals surface area contributed by atoms with Crippen LogP contribution in [0.1, 0.15) is 23.2 Å². The Balaban J connectivity index is 1.78. The second kappa shape index (κ2) is 5.32. The van der Waals surface area contributed by atoms with Crippen LogP contribution in [0.15, 0.2) is 22.7 Å². The Bertz CT molecular complexity index is 660. The van der Waals surface area contributed by atoms with Gasteiger partial charge in [0.2, 0.25) is 5.89 Å². The fraction of sp³-hybridized carbons (Fsp3) is 0.308. The van der Waals surface area contributed by atoms with E-state index in [-0.39, 0.29) is 35.4 Å². The molecule has 1 fully saturated rings. The van der Waals surface area contributed by atoms with Gasteiger partial charge in [0.05, 0.1) is 5.75 Å². The van der Waals surface area contributed by atoms with Gasteiger partial charge in [0.15, 0.2) is 11.6 Å². The SMILES string of the molecule is O=C1CSCC1c1nc(Cc2ccc(F)cc2F)no1. The minimum Gasteiger partial charge on any atom is -0.339 e. The molecule has 0 spiro atoms. The van der Waals surface area contributed by atoms with Gasteiger partial charge in [-0.25, -0.2) is 8.78 Å². The third kappa shape index (κ3) is 2.58. The van der Waals surface area contributed by atoms with Gasteiger partial charge >= 0.3 is 0 Å². The van der Waals surface area contributed by atoms with Crippen LogP contribution in [0.3, 0.4) is 0 Å². The van der Waals surface area contributed by atoms with Crippen LogP contribution in [0.2, 0.25) is 0 Å². The van der Waals surface area contributed by atoms with Crippen LogP contribution < -0.4 is 0 Å². The molecule has 1 unspecified atom stereocenters. The van der Waals surface area contributed by atoms with Crippen molar-refractivity contribution in [1.29, 1.82) is 0 Å². The summed E-state index contributed by atoms with van der Waals surface area (Å²) in [6, 6.07) is 3.33. The maximum atomic E-state index is 13.5. The Morgan fingerprint density at radius 2 is 2.25 bits per heavy atom. The Morgan fingerprint density at radius 1 is 1.40 bits per heavy atom. The molecule has 1 atom stereocenters. The average Bonchev–Trinajstić information content (AvgIpc) is 3.01. The number of Topliss-reactive ketones (excluding diaryl/α,β-unsaturated/α-hetero) is 1. The van der Waals surface area contributed by atoms with Crippen molar-refractivity contribution in [3.63, 3.8) is 0 Å². The molecule has 104 valence electrons. The number of nitrogens with zero attached hydrogens (tertiary/aromatic N) is 2. The number of carbonyl (C=O) groups is 1. The third-order valence-corrected chi connectivity index (χ3v) is 4.12. The van der Waals surface area contributed by atoms with E-state index in [2.05, 4.69) is 10.1 Å². The number of aromatic nitrogens is 2. The molecule has 0 aliphatic carbocycles. The highest BCUT2D eigenvalue weighted by molar-refractivity contribution is 8.00. The highest BCUT2D eigenvalue weighted by atomic mass is 32.2. The topological polar surface area (TPSA) is 56.0 Å². The Labute approximate surface area is 117 Å². The number of rotatable bonds is 3. The molecular formula is C13H10F2N2O2S. The molecule has 1 aliphatic rings. The molecule has 1 saturated heterocycles. The van der Waals surface area contributed by atoms with Crippen molar-refractivity contribution in [2.75, 3.05) is 11.5 Å². The fourth-order valence-electron chi connectivity index (χ4n) is 2.00. The number of ketones is 1. The second-order valence-corrected chi connectivity index (χ2v) is 5.53. The second-order valence-electron chi connectivity index (χ2n) is 4.50. The minimum atomic E-state index is -0.649. The fourth-order valence-corrected chi connectivity index (χ4v) is 3.08. The van der Waals surface area contributed by atoms with Gasteiger partial charge in [-0.05, 0) is 11.6 Å². The first-order valence-corrected chi connectivity index (χ1v) is 7.16. The van der Waals surface area contributed by atoms with Crippen molar-refractivity contribution in [1.82, 2.24) is 10.1 Å². The molecule has 0 N–H and O–H groups in total. The van der Waals surface area contributed by atoms with E-state index in [9.17, 15) is 13.6 Å². The number of hydrogen-bond acceptors (Lipinski definition) is 5. The van der Waals surface area contributed by atoms with Gasteiger partial charge < -0.3 is 4.52 Å². The van der Waals surface area contributed by atoms with Crippen LogP contribution >= 0.6 is 11.8 Å². The third-order valence-electron chi connectivity index (χ3n) is 3.06. The zero-order chi connectivity index (χ0) is 14.1. The van der Waals surface area contributed by atoms with Crippen molar-refractivity contribution in [2.24, 2.45) is 0 Å². The molecule has 0 radical (unpaired) electrons. The number of benzene rings is 1. The van der Waals surface area contributed by atoms with Crippen LogP contribution in [-0.2, 0) is 11.2 Å². The molecule has 1 aliphatic heterocycles. The zero-order valence-electron chi connectivity index (χ0n) is 10.3. The molecule has 0 saturated carbocycles. The lowest BCUT2D eigenvalue weighted by atomic mass is 10.1. The maximum Gasteiger partial charge on any atom is 0.238 e. The first kappa shape index (κ1) is 13.2. The molecular weight excluding hydrogens is 286 g/mol. The largest absolute Gasteiger partial charge is 0.339 e. The summed E-state index contributed by atoms with van der Waals surface area (Å²) in [6.45, 7) is 0. The summed E-state index contributed by atoms with van der Waals surface area (Å²) in [5.41, 5.74) is 0.283. The van der Waals surface area contributed by atoms with E-state index in [1.54, 1.807) is 0 Å². The van der Waals surface area contributed by atoms with E-state index < -0.39 is 11.6 Å². The summed E-state index contributed by atoms with van der Waals surface area (Å²) < 4.78 is 31.4. The molecule has 4 nitrogen and oxygen atoms in total. The summed E-state index contributed by atoms with van der Waals surface area (Å²) in [5.74, 6) is 0.0723. The summed E-state index contributed by atoms with van der Waals surface area (Å²) in [5, 5.41) is 3.75. The lowest BCUT2D eigenvalue weighted by molar-refractivity contribution is -0.117. The van der Waals surface area contributed by atoms with E-state index in [1.165, 1.54) is 23.9 Å². The normalized spacial score (nSPS) is 18.7. The quantitative estimate of drug-likeness (QED) is 0.870. The molecule has 2 heterocycles. The van der Waals surface area contributed by atoms with Gasteiger partial charge in [0.1, 0.15) is 17.6 Å². The van der Waals surface area contributed by atoms with Crippen molar-refractivity contribution in [3.05, 3.63) is 47.1 Å².